The highest BCUT2D eigenvalue weighted by Gasteiger charge is 2.40. The van der Waals surface area contributed by atoms with E-state index in [1.165, 1.54) is 6.92 Å². The lowest BCUT2D eigenvalue weighted by Crippen LogP contribution is -2.02. The Hall–Kier alpha value is -1.48. The van der Waals surface area contributed by atoms with Gasteiger partial charge in [-0.05, 0) is 13.3 Å². The van der Waals surface area contributed by atoms with Gasteiger partial charge in [0.05, 0.1) is 10.6 Å². The third-order valence-electron chi connectivity index (χ3n) is 3.64. The second-order valence-electron chi connectivity index (χ2n) is 4.60. The van der Waals surface area contributed by atoms with Crippen molar-refractivity contribution in [2.24, 2.45) is 0 Å². The summed E-state index contributed by atoms with van der Waals surface area (Å²) >= 11 is 5.96. The van der Waals surface area contributed by atoms with Crippen molar-refractivity contribution in [1.29, 1.82) is 0 Å². The molecule has 4 heteroatoms. The molecule has 2 aliphatic carbocycles. The Morgan fingerprint density at radius 3 is 2.29 bits per heavy atom. The summed E-state index contributed by atoms with van der Waals surface area (Å²) in [5, 5.41) is 20.2. The number of benzene rings is 1. The molecule has 0 heterocycles. The third kappa shape index (κ3) is 1.20. The fraction of sp³-hybridized carbons (Fsp3) is 0.308. The number of hydrogen-bond donors (Lipinski definition) is 2. The average molecular weight is 251 g/mol. The molecule has 0 saturated carbocycles. The van der Waals surface area contributed by atoms with Crippen LogP contribution in [0.15, 0.2) is 12.2 Å². The molecule has 0 aromatic heterocycles. The Balaban J connectivity index is 2.37. The number of fused-ring (bicyclic) bond motifs is 5. The summed E-state index contributed by atoms with van der Waals surface area (Å²) in [5.74, 6) is -0.248. The number of rotatable bonds is 1. The SMILES string of the molecule is CC(=O)c1c(O)c2c(c(O)c1Cl)C1C=CC2C1. The van der Waals surface area contributed by atoms with Gasteiger partial charge in [0.15, 0.2) is 5.78 Å². The minimum atomic E-state index is -0.336. The van der Waals surface area contributed by atoms with Crippen molar-refractivity contribution in [1.82, 2.24) is 0 Å². The fourth-order valence-corrected chi connectivity index (χ4v) is 3.25. The zero-order valence-corrected chi connectivity index (χ0v) is 9.95. The molecule has 0 radical (unpaired) electrons. The van der Waals surface area contributed by atoms with Crippen molar-refractivity contribution in [3.63, 3.8) is 0 Å². The van der Waals surface area contributed by atoms with Crippen molar-refractivity contribution < 1.29 is 15.0 Å². The summed E-state index contributed by atoms with van der Waals surface area (Å²) in [6, 6.07) is 0. The van der Waals surface area contributed by atoms with E-state index in [-0.39, 0.29) is 39.7 Å². The average Bonchev–Trinajstić information content (AvgIpc) is 2.85. The molecular formula is C13H11ClO3. The van der Waals surface area contributed by atoms with Gasteiger partial charge in [0.25, 0.3) is 0 Å². The van der Waals surface area contributed by atoms with E-state index in [0.717, 1.165) is 6.42 Å². The van der Waals surface area contributed by atoms with Gasteiger partial charge < -0.3 is 10.2 Å². The lowest BCUT2D eigenvalue weighted by Gasteiger charge is -2.18. The van der Waals surface area contributed by atoms with E-state index in [1.54, 1.807) is 0 Å². The quantitative estimate of drug-likeness (QED) is 0.457. The monoisotopic (exact) mass is 250 g/mol. The van der Waals surface area contributed by atoms with Crippen LogP contribution in [0.5, 0.6) is 11.5 Å². The number of carbonyl (C=O) groups excluding carboxylic acids is 1. The van der Waals surface area contributed by atoms with E-state index in [0.29, 0.717) is 11.1 Å². The summed E-state index contributed by atoms with van der Waals surface area (Å²) in [5.41, 5.74) is 1.39. The van der Waals surface area contributed by atoms with E-state index in [2.05, 4.69) is 0 Å². The number of aromatic hydroxyl groups is 2. The zero-order valence-electron chi connectivity index (χ0n) is 9.20. The van der Waals surface area contributed by atoms with Crippen molar-refractivity contribution >= 4 is 17.4 Å². The molecule has 0 aliphatic heterocycles. The van der Waals surface area contributed by atoms with Crippen LogP contribution in [0.1, 0.15) is 46.7 Å². The Kier molecular flexibility index (Phi) is 2.05. The normalized spacial score (nSPS) is 24.1. The summed E-state index contributed by atoms with van der Waals surface area (Å²) < 4.78 is 0. The largest absolute Gasteiger partial charge is 0.507 e. The molecule has 3 rings (SSSR count). The summed E-state index contributed by atoms with van der Waals surface area (Å²) in [6.07, 6.45) is 4.86. The van der Waals surface area contributed by atoms with Crippen molar-refractivity contribution in [2.75, 3.05) is 0 Å². The highest BCUT2D eigenvalue weighted by Crippen LogP contribution is 2.57. The van der Waals surface area contributed by atoms with Crippen molar-refractivity contribution in [3.05, 3.63) is 33.9 Å². The molecule has 2 unspecified atom stereocenters. The van der Waals surface area contributed by atoms with Gasteiger partial charge in [-0.3, -0.25) is 4.79 Å². The van der Waals surface area contributed by atoms with Gasteiger partial charge in [0.1, 0.15) is 11.5 Å². The van der Waals surface area contributed by atoms with Gasteiger partial charge in [-0.2, -0.15) is 0 Å². The second kappa shape index (κ2) is 3.26. The molecule has 17 heavy (non-hydrogen) atoms. The Morgan fingerprint density at radius 2 is 1.76 bits per heavy atom. The minimum Gasteiger partial charge on any atom is -0.507 e. The number of Topliss-reactive ketones (excluding diaryl/α,β-unsaturated/α-hetero) is 1. The molecule has 0 fully saturated rings. The number of carbonyl (C=O) groups is 1. The standard InChI is InChI=1S/C13H11ClO3/c1-5(15)8-11(14)13(17)10-7-3-2-6(4-7)9(10)12(8)16/h2-3,6-7,16-17H,4H2,1H3. The molecular weight excluding hydrogens is 240 g/mol. The van der Waals surface area contributed by atoms with E-state index in [9.17, 15) is 15.0 Å². The lowest BCUT2D eigenvalue weighted by atomic mass is 9.91. The third-order valence-corrected chi connectivity index (χ3v) is 4.01. The molecule has 1 aromatic rings. The zero-order chi connectivity index (χ0) is 12.3. The van der Waals surface area contributed by atoms with Gasteiger partial charge in [-0.15, -0.1) is 0 Å². The molecule has 2 bridgehead atoms. The second-order valence-corrected chi connectivity index (χ2v) is 4.98. The fourth-order valence-electron chi connectivity index (χ4n) is 2.93. The lowest BCUT2D eigenvalue weighted by molar-refractivity contribution is 0.101. The number of hydrogen-bond acceptors (Lipinski definition) is 3. The first kappa shape index (κ1) is 10.7. The summed E-state index contributed by atoms with van der Waals surface area (Å²) in [6.45, 7) is 1.33. The predicted octanol–water partition coefficient (Wildman–Crippen LogP) is 3.09. The van der Waals surface area contributed by atoms with E-state index in [4.69, 9.17) is 11.6 Å². The van der Waals surface area contributed by atoms with Crippen molar-refractivity contribution in [3.8, 4) is 11.5 Å². The van der Waals surface area contributed by atoms with Crippen LogP contribution >= 0.6 is 11.6 Å². The van der Waals surface area contributed by atoms with Crippen LogP contribution in [0.2, 0.25) is 5.02 Å². The number of phenolic OH excluding ortho intramolecular Hbond substituents is 2. The molecule has 88 valence electrons. The van der Waals surface area contributed by atoms with Crippen LogP contribution in [0.4, 0.5) is 0 Å². The van der Waals surface area contributed by atoms with Crippen molar-refractivity contribution in [2.45, 2.75) is 25.2 Å². The van der Waals surface area contributed by atoms with Crippen LogP contribution in [0, 0.1) is 0 Å². The maximum Gasteiger partial charge on any atom is 0.165 e. The van der Waals surface area contributed by atoms with E-state index < -0.39 is 0 Å². The Morgan fingerprint density at radius 1 is 1.24 bits per heavy atom. The highest BCUT2D eigenvalue weighted by atomic mass is 35.5. The van der Waals surface area contributed by atoms with Crippen LogP contribution < -0.4 is 0 Å². The maximum absolute atomic E-state index is 11.5. The van der Waals surface area contributed by atoms with Gasteiger partial charge in [-0.25, -0.2) is 0 Å². The Labute approximate surface area is 103 Å². The van der Waals surface area contributed by atoms with E-state index in [1.807, 2.05) is 12.2 Å². The van der Waals surface area contributed by atoms with Crippen LogP contribution in [0.3, 0.4) is 0 Å². The molecule has 0 amide bonds. The van der Waals surface area contributed by atoms with Gasteiger partial charge in [0, 0.05) is 23.0 Å². The Bertz CT molecular complexity index is 575. The number of halogens is 1. The highest BCUT2D eigenvalue weighted by molar-refractivity contribution is 6.36. The summed E-state index contributed by atoms with van der Waals surface area (Å²) in [4.78, 5) is 11.5. The summed E-state index contributed by atoms with van der Waals surface area (Å²) in [7, 11) is 0. The van der Waals surface area contributed by atoms with Crippen LogP contribution in [0.25, 0.3) is 0 Å². The first-order valence-corrected chi connectivity index (χ1v) is 5.86. The first-order valence-electron chi connectivity index (χ1n) is 5.48. The molecule has 2 N–H and O–H groups in total. The van der Waals surface area contributed by atoms with E-state index >= 15 is 0 Å². The first-order chi connectivity index (χ1) is 8.02. The van der Waals surface area contributed by atoms with Gasteiger partial charge >= 0.3 is 0 Å². The molecule has 1 aromatic carbocycles. The maximum atomic E-state index is 11.5. The predicted molar refractivity (Wildman–Crippen MR) is 64.0 cm³/mol. The molecule has 2 aliphatic rings. The molecule has 3 nitrogen and oxygen atoms in total. The number of allylic oxidation sites excluding steroid dienone is 2. The number of ketones is 1. The molecule has 0 spiro atoms. The molecule has 0 saturated heterocycles. The van der Waals surface area contributed by atoms with Crippen LogP contribution in [-0.4, -0.2) is 16.0 Å². The minimum absolute atomic E-state index is 0.0314. The topological polar surface area (TPSA) is 57.5 Å². The number of phenols is 2. The smallest absolute Gasteiger partial charge is 0.165 e. The van der Waals surface area contributed by atoms with Crippen LogP contribution in [-0.2, 0) is 0 Å². The van der Waals surface area contributed by atoms with Gasteiger partial charge in [0.2, 0.25) is 0 Å². The van der Waals surface area contributed by atoms with Gasteiger partial charge in [-0.1, -0.05) is 23.8 Å². The molecule has 2 atom stereocenters.